The Hall–Kier alpha value is -1.43. The zero-order chi connectivity index (χ0) is 13.1. The molecule has 2 rings (SSSR count). The molecular formula is C12H19N3O3. The van der Waals surface area contributed by atoms with Crippen molar-refractivity contribution in [1.29, 1.82) is 0 Å². The second kappa shape index (κ2) is 5.48. The van der Waals surface area contributed by atoms with Crippen LogP contribution in [0, 0.1) is 0 Å². The maximum absolute atomic E-state index is 11.6. The first-order chi connectivity index (χ1) is 8.56. The monoisotopic (exact) mass is 253 g/mol. The summed E-state index contributed by atoms with van der Waals surface area (Å²) in [6, 6.07) is -0.0128. The molecule has 0 bridgehead atoms. The molecule has 2 aliphatic rings. The van der Waals surface area contributed by atoms with Gasteiger partial charge in [-0.3, -0.25) is 19.7 Å². The summed E-state index contributed by atoms with van der Waals surface area (Å²) in [4.78, 5) is 35.6. The quantitative estimate of drug-likeness (QED) is 0.644. The van der Waals surface area contributed by atoms with Crippen molar-refractivity contribution in [3.63, 3.8) is 0 Å². The highest BCUT2D eigenvalue weighted by Crippen LogP contribution is 2.13. The van der Waals surface area contributed by atoms with E-state index in [1.807, 2.05) is 4.90 Å². The van der Waals surface area contributed by atoms with Gasteiger partial charge in [-0.15, -0.1) is 0 Å². The van der Waals surface area contributed by atoms with Crippen LogP contribution in [0.15, 0.2) is 0 Å². The molecule has 0 spiro atoms. The lowest BCUT2D eigenvalue weighted by atomic mass is 10.0. The van der Waals surface area contributed by atoms with E-state index in [9.17, 15) is 14.4 Å². The average molecular weight is 253 g/mol. The van der Waals surface area contributed by atoms with Gasteiger partial charge in [0, 0.05) is 32.5 Å². The van der Waals surface area contributed by atoms with E-state index in [4.69, 9.17) is 0 Å². The summed E-state index contributed by atoms with van der Waals surface area (Å²) in [5.74, 6) is -0.306. The molecule has 0 aromatic heterocycles. The molecule has 2 N–H and O–H groups in total. The van der Waals surface area contributed by atoms with Crippen LogP contribution < -0.4 is 10.6 Å². The summed E-state index contributed by atoms with van der Waals surface area (Å²) in [5, 5.41) is 5.63. The largest absolute Gasteiger partial charge is 0.343 e. The third kappa shape index (κ3) is 3.07. The number of hydrogen-bond acceptors (Lipinski definition) is 4. The average Bonchev–Trinajstić information content (AvgIpc) is 2.33. The summed E-state index contributed by atoms with van der Waals surface area (Å²) in [6.07, 6.45) is 2.68. The molecule has 0 aromatic rings. The van der Waals surface area contributed by atoms with Gasteiger partial charge in [-0.25, -0.2) is 0 Å². The minimum Gasteiger partial charge on any atom is -0.343 e. The maximum Gasteiger partial charge on any atom is 0.243 e. The Morgan fingerprint density at radius 3 is 2.50 bits per heavy atom. The van der Waals surface area contributed by atoms with Gasteiger partial charge in [0.1, 0.15) is 0 Å². The normalized spacial score (nSPS) is 26.1. The fourth-order valence-corrected chi connectivity index (χ4v) is 2.50. The number of likely N-dealkylation sites (tertiary alicyclic amines) is 1. The highest BCUT2D eigenvalue weighted by molar-refractivity contribution is 6.00. The Morgan fingerprint density at radius 2 is 1.94 bits per heavy atom. The zero-order valence-electron chi connectivity index (χ0n) is 10.6. The molecule has 2 fully saturated rings. The highest BCUT2D eigenvalue weighted by Gasteiger charge is 2.29. The molecule has 100 valence electrons. The smallest absolute Gasteiger partial charge is 0.243 e. The van der Waals surface area contributed by atoms with Crippen molar-refractivity contribution in [1.82, 2.24) is 15.5 Å². The minimum atomic E-state index is -0.267. The number of hydrogen-bond donors (Lipinski definition) is 2. The van der Waals surface area contributed by atoms with E-state index in [-0.39, 0.29) is 29.8 Å². The molecule has 0 saturated carbocycles. The molecule has 0 aromatic carbocycles. The Labute approximate surface area is 106 Å². The number of carbonyl (C=O) groups excluding carboxylic acids is 3. The Bertz CT molecular complexity index is 362. The van der Waals surface area contributed by atoms with Crippen LogP contribution in [-0.4, -0.2) is 47.8 Å². The van der Waals surface area contributed by atoms with Crippen molar-refractivity contribution in [3.8, 4) is 0 Å². The predicted octanol–water partition coefficient (Wildman–Crippen LogP) is -0.608. The van der Waals surface area contributed by atoms with E-state index >= 15 is 0 Å². The van der Waals surface area contributed by atoms with Crippen molar-refractivity contribution in [2.45, 2.75) is 44.7 Å². The molecule has 2 aliphatic heterocycles. The molecule has 3 amide bonds. The number of nitrogens with zero attached hydrogens (tertiary/aromatic N) is 1. The number of imide groups is 1. The van der Waals surface area contributed by atoms with Crippen molar-refractivity contribution >= 4 is 17.7 Å². The fraction of sp³-hybridized carbons (Fsp3) is 0.750. The summed E-state index contributed by atoms with van der Waals surface area (Å²) in [5.41, 5.74) is 0. The number of piperidine rings is 2. The second-order valence-electron chi connectivity index (χ2n) is 4.95. The van der Waals surface area contributed by atoms with Crippen molar-refractivity contribution in [2.75, 3.05) is 13.1 Å². The van der Waals surface area contributed by atoms with Crippen LogP contribution in [0.5, 0.6) is 0 Å². The maximum atomic E-state index is 11.6. The Kier molecular flexibility index (Phi) is 3.96. The zero-order valence-corrected chi connectivity index (χ0v) is 10.6. The first-order valence-corrected chi connectivity index (χ1v) is 6.41. The third-order valence-corrected chi connectivity index (χ3v) is 3.62. The first-order valence-electron chi connectivity index (χ1n) is 6.41. The molecule has 1 atom stereocenters. The van der Waals surface area contributed by atoms with E-state index in [0.29, 0.717) is 12.8 Å². The molecule has 1 unspecified atom stereocenters. The molecule has 6 heteroatoms. The number of nitrogens with one attached hydrogen (secondary N) is 2. The van der Waals surface area contributed by atoms with Crippen LogP contribution in [0.4, 0.5) is 0 Å². The summed E-state index contributed by atoms with van der Waals surface area (Å²) in [6.45, 7) is 3.05. The van der Waals surface area contributed by atoms with Crippen LogP contribution >= 0.6 is 0 Å². The lowest BCUT2D eigenvalue weighted by molar-refractivity contribution is -0.135. The molecule has 2 saturated heterocycles. The van der Waals surface area contributed by atoms with E-state index in [2.05, 4.69) is 10.6 Å². The van der Waals surface area contributed by atoms with Crippen molar-refractivity contribution in [2.24, 2.45) is 0 Å². The number of carbonyl (C=O) groups is 3. The van der Waals surface area contributed by atoms with Gasteiger partial charge in [0.15, 0.2) is 0 Å². The first kappa shape index (κ1) is 13.0. The van der Waals surface area contributed by atoms with Crippen molar-refractivity contribution < 1.29 is 14.4 Å². The topological polar surface area (TPSA) is 78.5 Å². The predicted molar refractivity (Wildman–Crippen MR) is 64.6 cm³/mol. The second-order valence-corrected chi connectivity index (χ2v) is 4.95. The van der Waals surface area contributed by atoms with Crippen LogP contribution in [0.25, 0.3) is 0 Å². The lowest BCUT2D eigenvalue weighted by Gasteiger charge is -2.34. The SMILES string of the molecule is CC(=O)N1CCC(NC2CCC(=O)NC2=O)CC1. The highest BCUT2D eigenvalue weighted by atomic mass is 16.2. The van der Waals surface area contributed by atoms with E-state index in [1.54, 1.807) is 6.92 Å². The van der Waals surface area contributed by atoms with Gasteiger partial charge >= 0.3 is 0 Å². The van der Waals surface area contributed by atoms with Crippen LogP contribution in [-0.2, 0) is 14.4 Å². The van der Waals surface area contributed by atoms with Crippen LogP contribution in [0.2, 0.25) is 0 Å². The molecule has 0 aliphatic carbocycles. The number of rotatable bonds is 2. The van der Waals surface area contributed by atoms with Gasteiger partial charge in [-0.1, -0.05) is 0 Å². The molecule has 2 heterocycles. The van der Waals surface area contributed by atoms with Gasteiger partial charge < -0.3 is 10.2 Å². The standard InChI is InChI=1S/C12H19N3O3/c1-8(16)15-6-4-9(5-7-15)13-10-2-3-11(17)14-12(10)18/h9-10,13H,2-7H2,1H3,(H,14,17,18). The van der Waals surface area contributed by atoms with E-state index in [0.717, 1.165) is 25.9 Å². The third-order valence-electron chi connectivity index (χ3n) is 3.62. The molecule has 0 radical (unpaired) electrons. The summed E-state index contributed by atoms with van der Waals surface area (Å²) >= 11 is 0. The van der Waals surface area contributed by atoms with E-state index in [1.165, 1.54) is 0 Å². The van der Waals surface area contributed by atoms with Crippen LogP contribution in [0.3, 0.4) is 0 Å². The van der Waals surface area contributed by atoms with Gasteiger partial charge in [-0.05, 0) is 19.3 Å². The van der Waals surface area contributed by atoms with Crippen LogP contribution in [0.1, 0.15) is 32.6 Å². The van der Waals surface area contributed by atoms with Gasteiger partial charge in [0.25, 0.3) is 0 Å². The van der Waals surface area contributed by atoms with Crippen molar-refractivity contribution in [3.05, 3.63) is 0 Å². The molecule has 18 heavy (non-hydrogen) atoms. The molecule has 6 nitrogen and oxygen atoms in total. The summed E-state index contributed by atoms with van der Waals surface area (Å²) < 4.78 is 0. The minimum absolute atomic E-state index is 0.106. The fourth-order valence-electron chi connectivity index (χ4n) is 2.50. The lowest BCUT2D eigenvalue weighted by Crippen LogP contribution is -2.55. The Balaban J connectivity index is 1.79. The number of amides is 3. The Morgan fingerprint density at radius 1 is 1.28 bits per heavy atom. The van der Waals surface area contributed by atoms with E-state index < -0.39 is 0 Å². The van der Waals surface area contributed by atoms with Gasteiger partial charge in [0.05, 0.1) is 6.04 Å². The molecular weight excluding hydrogens is 234 g/mol. The van der Waals surface area contributed by atoms with Gasteiger partial charge in [0.2, 0.25) is 17.7 Å². The van der Waals surface area contributed by atoms with Gasteiger partial charge in [-0.2, -0.15) is 0 Å². The summed E-state index contributed by atoms with van der Waals surface area (Å²) in [7, 11) is 0.